The number of sulfonamides is 1. The summed E-state index contributed by atoms with van der Waals surface area (Å²) in [5.74, 6) is -0.822. The zero-order valence-electron chi connectivity index (χ0n) is 21.9. The zero-order chi connectivity index (χ0) is 28.4. The second kappa shape index (κ2) is 11.4. The number of halogens is 1. The van der Waals surface area contributed by atoms with Gasteiger partial charge in [0.25, 0.3) is 15.9 Å². The van der Waals surface area contributed by atoms with Gasteiger partial charge in [0.1, 0.15) is 5.00 Å². The molecule has 5 rings (SSSR count). The predicted molar refractivity (Wildman–Crippen MR) is 158 cm³/mol. The molecule has 0 atom stereocenters. The molecule has 7 nitrogen and oxygen atoms in total. The van der Waals surface area contributed by atoms with E-state index in [0.29, 0.717) is 32.4 Å². The molecule has 1 N–H and O–H groups in total. The summed E-state index contributed by atoms with van der Waals surface area (Å²) in [5, 5.41) is 3.79. The van der Waals surface area contributed by atoms with E-state index < -0.39 is 16.0 Å². The lowest BCUT2D eigenvalue weighted by Crippen LogP contribution is -2.31. The van der Waals surface area contributed by atoms with Gasteiger partial charge in [-0.1, -0.05) is 48.0 Å². The molecule has 1 aromatic heterocycles. The molecule has 206 valence electrons. The van der Waals surface area contributed by atoms with Gasteiger partial charge in [-0.2, -0.15) is 0 Å². The van der Waals surface area contributed by atoms with Gasteiger partial charge in [0.2, 0.25) is 0 Å². The van der Waals surface area contributed by atoms with E-state index in [1.165, 1.54) is 22.8 Å². The first-order chi connectivity index (χ1) is 19.2. The van der Waals surface area contributed by atoms with Crippen molar-refractivity contribution in [2.45, 2.75) is 37.6 Å². The molecule has 0 unspecified atom stereocenters. The van der Waals surface area contributed by atoms with Gasteiger partial charge in [-0.05, 0) is 79.3 Å². The zero-order valence-corrected chi connectivity index (χ0v) is 24.3. The molecule has 0 spiro atoms. The van der Waals surface area contributed by atoms with Crippen LogP contribution in [-0.2, 0) is 34.1 Å². The fourth-order valence-corrected chi connectivity index (χ4v) is 7.75. The highest BCUT2D eigenvalue weighted by Gasteiger charge is 2.29. The first-order valence-corrected chi connectivity index (χ1v) is 15.3. The van der Waals surface area contributed by atoms with Crippen molar-refractivity contribution < 1.29 is 22.7 Å². The van der Waals surface area contributed by atoms with Crippen LogP contribution in [0.1, 0.15) is 48.7 Å². The SMILES string of the molecule is COC(=O)c1c(NC(=O)c2ccc(CN(c3cc(Cl)ccc3C)S(=O)(=O)c3ccccc3)cc2)sc2c1CCC2. The Morgan fingerprint density at radius 1 is 1.02 bits per heavy atom. The Kier molecular flexibility index (Phi) is 7.98. The number of fused-ring (bicyclic) bond motifs is 1. The number of ether oxygens (including phenoxy) is 1. The molecular formula is C30H27ClN2O5S2. The van der Waals surface area contributed by atoms with Gasteiger partial charge in [0.15, 0.2) is 0 Å². The van der Waals surface area contributed by atoms with E-state index >= 15 is 0 Å². The van der Waals surface area contributed by atoms with Gasteiger partial charge in [0.05, 0.1) is 29.8 Å². The number of benzene rings is 3. The molecule has 40 heavy (non-hydrogen) atoms. The van der Waals surface area contributed by atoms with Crippen molar-refractivity contribution in [2.24, 2.45) is 0 Å². The summed E-state index contributed by atoms with van der Waals surface area (Å²) in [6, 6.07) is 20.1. The maximum absolute atomic E-state index is 13.7. The summed E-state index contributed by atoms with van der Waals surface area (Å²) >= 11 is 7.66. The van der Waals surface area contributed by atoms with Gasteiger partial charge in [-0.15, -0.1) is 11.3 Å². The van der Waals surface area contributed by atoms with E-state index in [-0.39, 0.29) is 17.3 Å². The van der Waals surface area contributed by atoms with E-state index in [4.69, 9.17) is 16.3 Å². The van der Waals surface area contributed by atoms with Crippen LogP contribution in [0.25, 0.3) is 0 Å². The average Bonchev–Trinajstić information content (AvgIpc) is 3.54. The summed E-state index contributed by atoms with van der Waals surface area (Å²) in [4.78, 5) is 26.8. The fraction of sp³-hybridized carbons (Fsp3) is 0.200. The highest BCUT2D eigenvalue weighted by molar-refractivity contribution is 7.92. The number of amides is 1. The van der Waals surface area contributed by atoms with Crippen LogP contribution in [0.15, 0.2) is 77.7 Å². The van der Waals surface area contributed by atoms with Gasteiger partial charge in [-0.25, -0.2) is 13.2 Å². The topological polar surface area (TPSA) is 92.8 Å². The van der Waals surface area contributed by atoms with E-state index in [0.717, 1.165) is 35.3 Å². The monoisotopic (exact) mass is 594 g/mol. The number of anilines is 2. The highest BCUT2D eigenvalue weighted by atomic mass is 35.5. The largest absolute Gasteiger partial charge is 0.465 e. The molecule has 1 aliphatic carbocycles. The minimum Gasteiger partial charge on any atom is -0.465 e. The molecule has 1 aliphatic rings. The second-order valence-electron chi connectivity index (χ2n) is 9.46. The maximum Gasteiger partial charge on any atom is 0.341 e. The van der Waals surface area contributed by atoms with Gasteiger partial charge >= 0.3 is 5.97 Å². The molecule has 0 fully saturated rings. The van der Waals surface area contributed by atoms with Crippen LogP contribution in [0, 0.1) is 6.92 Å². The molecule has 0 saturated heterocycles. The lowest BCUT2D eigenvalue weighted by atomic mass is 10.1. The smallest absolute Gasteiger partial charge is 0.341 e. The third-order valence-electron chi connectivity index (χ3n) is 6.85. The van der Waals surface area contributed by atoms with Crippen LogP contribution in [0.4, 0.5) is 10.7 Å². The summed E-state index contributed by atoms with van der Waals surface area (Å²) in [6.07, 6.45) is 2.64. The predicted octanol–water partition coefficient (Wildman–Crippen LogP) is 6.63. The standard InChI is InChI=1S/C30H27ClN2O5S2/c1-19-11-16-22(31)17-25(19)33(40(36,37)23-7-4-3-5-8-23)18-20-12-14-21(15-13-20)28(34)32-29-27(30(35)38-2)24-9-6-10-26(24)39-29/h3-5,7-8,11-17H,6,9-10,18H2,1-2H3,(H,32,34). The van der Waals surface area contributed by atoms with E-state index in [1.54, 1.807) is 72.8 Å². The molecule has 1 heterocycles. The number of nitrogens with zero attached hydrogens (tertiary/aromatic N) is 1. The van der Waals surface area contributed by atoms with Crippen LogP contribution in [0.2, 0.25) is 5.02 Å². The molecule has 4 aromatic rings. The normalized spacial score (nSPS) is 12.6. The Labute approximate surface area is 242 Å². The van der Waals surface area contributed by atoms with Crippen molar-refractivity contribution in [1.29, 1.82) is 0 Å². The Hall–Kier alpha value is -3.66. The minimum atomic E-state index is -3.92. The number of nitrogens with one attached hydrogen (secondary N) is 1. The third-order valence-corrected chi connectivity index (χ3v) is 10.1. The number of hydrogen-bond donors (Lipinski definition) is 1. The number of carbonyl (C=O) groups excluding carboxylic acids is 2. The van der Waals surface area contributed by atoms with Crippen molar-refractivity contribution in [3.63, 3.8) is 0 Å². The maximum atomic E-state index is 13.7. The molecule has 0 saturated carbocycles. The van der Waals surface area contributed by atoms with Crippen molar-refractivity contribution in [3.8, 4) is 0 Å². The Morgan fingerprint density at radius 2 is 1.75 bits per heavy atom. The first-order valence-electron chi connectivity index (χ1n) is 12.7. The number of rotatable bonds is 8. The number of aryl methyl sites for hydroxylation is 2. The van der Waals surface area contributed by atoms with E-state index in [2.05, 4.69) is 5.32 Å². The van der Waals surface area contributed by atoms with Crippen molar-refractivity contribution in [1.82, 2.24) is 0 Å². The lowest BCUT2D eigenvalue weighted by molar-refractivity contribution is 0.0601. The quantitative estimate of drug-likeness (QED) is 0.231. The van der Waals surface area contributed by atoms with Crippen molar-refractivity contribution in [2.75, 3.05) is 16.7 Å². The van der Waals surface area contributed by atoms with Crippen LogP contribution in [0.3, 0.4) is 0 Å². The number of esters is 1. The molecule has 0 bridgehead atoms. The molecular weight excluding hydrogens is 568 g/mol. The van der Waals surface area contributed by atoms with Gasteiger partial charge < -0.3 is 10.1 Å². The van der Waals surface area contributed by atoms with Crippen molar-refractivity contribution >= 4 is 55.5 Å². The summed E-state index contributed by atoms with van der Waals surface area (Å²) in [5.41, 5.74) is 3.68. The number of thiophene rings is 1. The number of carbonyl (C=O) groups is 2. The van der Waals surface area contributed by atoms with E-state index in [9.17, 15) is 18.0 Å². The van der Waals surface area contributed by atoms with E-state index in [1.807, 2.05) is 6.92 Å². The second-order valence-corrected chi connectivity index (χ2v) is 12.9. The Balaban J connectivity index is 1.42. The van der Waals surface area contributed by atoms with Crippen LogP contribution >= 0.6 is 22.9 Å². The highest BCUT2D eigenvalue weighted by Crippen LogP contribution is 2.39. The fourth-order valence-electron chi connectivity index (χ4n) is 4.78. The van der Waals surface area contributed by atoms with Gasteiger partial charge in [0, 0.05) is 15.5 Å². The van der Waals surface area contributed by atoms with Crippen molar-refractivity contribution in [3.05, 3.63) is 111 Å². The number of methoxy groups -OCH3 is 1. The molecule has 10 heteroatoms. The van der Waals surface area contributed by atoms with Gasteiger partial charge in [-0.3, -0.25) is 9.10 Å². The Morgan fingerprint density at radius 3 is 2.45 bits per heavy atom. The molecule has 3 aromatic carbocycles. The molecule has 1 amide bonds. The Bertz CT molecular complexity index is 1680. The molecule has 0 aliphatic heterocycles. The number of hydrogen-bond acceptors (Lipinski definition) is 6. The third kappa shape index (κ3) is 5.50. The summed E-state index contributed by atoms with van der Waals surface area (Å²) < 4.78 is 33.8. The summed E-state index contributed by atoms with van der Waals surface area (Å²) in [6.45, 7) is 1.86. The van der Waals surface area contributed by atoms with Crippen LogP contribution in [0.5, 0.6) is 0 Å². The molecule has 0 radical (unpaired) electrons. The minimum absolute atomic E-state index is 0.0322. The average molecular weight is 595 g/mol. The lowest BCUT2D eigenvalue weighted by Gasteiger charge is -2.26. The summed E-state index contributed by atoms with van der Waals surface area (Å²) in [7, 11) is -2.59. The first kappa shape index (κ1) is 27.9. The van der Waals surface area contributed by atoms with Crippen LogP contribution in [-0.4, -0.2) is 27.4 Å². The van der Waals surface area contributed by atoms with Crippen LogP contribution < -0.4 is 9.62 Å².